The molecule has 0 spiro atoms. The molecule has 0 saturated carbocycles. The van der Waals surface area contributed by atoms with Gasteiger partial charge in [0.1, 0.15) is 4.90 Å². The van der Waals surface area contributed by atoms with Crippen LogP contribution in [0.2, 0.25) is 0 Å². The van der Waals surface area contributed by atoms with Crippen molar-refractivity contribution in [2.45, 2.75) is 45.6 Å². The highest BCUT2D eigenvalue weighted by Crippen LogP contribution is 2.14. The predicted molar refractivity (Wildman–Crippen MR) is 88.0 cm³/mol. The molecule has 0 saturated heterocycles. The van der Waals surface area contributed by atoms with Crippen LogP contribution in [0.1, 0.15) is 33.3 Å². The minimum Gasteiger partial charge on any atom is -0.458 e. The fourth-order valence-corrected chi connectivity index (χ4v) is 2.22. The standard InChI is InChI=1S/C15H21NO5S.CO2/c1-10(2)14(15(17)20-11(3)4)16-21-22(18,19)13-8-6-12(5)7-9-13;2-1-3/h6-11H,1-5H3;/b16-14-;. The zero-order valence-corrected chi connectivity index (χ0v) is 15.5. The molecule has 0 bridgehead atoms. The van der Waals surface area contributed by atoms with Gasteiger partial charge in [0.2, 0.25) is 0 Å². The van der Waals surface area contributed by atoms with Gasteiger partial charge in [0, 0.05) is 5.92 Å². The van der Waals surface area contributed by atoms with Crippen LogP contribution in [-0.2, 0) is 33.5 Å². The molecule has 0 atom stereocenters. The van der Waals surface area contributed by atoms with Crippen LogP contribution < -0.4 is 0 Å². The van der Waals surface area contributed by atoms with Crippen molar-refractivity contribution in [3.05, 3.63) is 29.8 Å². The van der Waals surface area contributed by atoms with Crippen LogP contribution in [0.15, 0.2) is 34.3 Å². The monoisotopic (exact) mass is 371 g/mol. The van der Waals surface area contributed by atoms with Gasteiger partial charge >= 0.3 is 22.2 Å². The van der Waals surface area contributed by atoms with Gasteiger partial charge < -0.3 is 4.74 Å². The maximum absolute atomic E-state index is 12.0. The zero-order chi connectivity index (χ0) is 19.6. The van der Waals surface area contributed by atoms with Gasteiger partial charge in [-0.2, -0.15) is 18.0 Å². The third-order valence-electron chi connectivity index (χ3n) is 2.64. The lowest BCUT2D eigenvalue weighted by Gasteiger charge is -2.12. The van der Waals surface area contributed by atoms with Gasteiger partial charge in [0.05, 0.1) is 6.10 Å². The van der Waals surface area contributed by atoms with E-state index in [0.717, 1.165) is 5.56 Å². The number of nitrogens with zero attached hydrogens (tertiary/aromatic N) is 1. The molecule has 8 nitrogen and oxygen atoms in total. The lowest BCUT2D eigenvalue weighted by molar-refractivity contribution is -0.191. The van der Waals surface area contributed by atoms with Crippen LogP contribution >= 0.6 is 0 Å². The summed E-state index contributed by atoms with van der Waals surface area (Å²) in [5.41, 5.74) is 0.843. The molecule has 0 aromatic heterocycles. The first-order valence-electron chi connectivity index (χ1n) is 7.33. The lowest BCUT2D eigenvalue weighted by atomic mass is 10.1. The maximum Gasteiger partial charge on any atom is 0.373 e. The Morgan fingerprint density at radius 3 is 1.96 bits per heavy atom. The Morgan fingerprint density at radius 2 is 1.56 bits per heavy atom. The van der Waals surface area contributed by atoms with Crippen molar-refractivity contribution in [3.63, 3.8) is 0 Å². The van der Waals surface area contributed by atoms with E-state index in [-0.39, 0.29) is 28.8 Å². The molecule has 9 heteroatoms. The number of hydrogen-bond donors (Lipinski definition) is 0. The summed E-state index contributed by atoms with van der Waals surface area (Å²) in [6.07, 6.45) is -0.0786. The van der Waals surface area contributed by atoms with Crippen molar-refractivity contribution < 1.29 is 31.8 Å². The molecule has 1 rings (SSSR count). The first kappa shape index (κ1) is 22.5. The van der Waals surface area contributed by atoms with Crippen LogP contribution in [-0.4, -0.2) is 32.4 Å². The molecule has 1 aromatic carbocycles. The van der Waals surface area contributed by atoms with Gasteiger partial charge in [-0.15, -0.1) is 0 Å². The molecule has 25 heavy (non-hydrogen) atoms. The van der Waals surface area contributed by atoms with Crippen LogP contribution in [0, 0.1) is 12.8 Å². The summed E-state index contributed by atoms with van der Waals surface area (Å²) in [6, 6.07) is 6.13. The zero-order valence-electron chi connectivity index (χ0n) is 14.7. The summed E-state index contributed by atoms with van der Waals surface area (Å²) in [4.78, 5) is 28.1. The Kier molecular flexibility index (Phi) is 9.33. The SMILES string of the molecule is Cc1ccc(S(=O)(=O)O/N=C(\C(=O)OC(C)C)C(C)C)cc1.O=C=O. The second-order valence-electron chi connectivity index (χ2n) is 5.51. The number of hydrogen-bond acceptors (Lipinski definition) is 8. The van der Waals surface area contributed by atoms with Crippen molar-refractivity contribution in [2.75, 3.05) is 0 Å². The number of aryl methyl sites for hydroxylation is 1. The molecule has 0 heterocycles. The molecule has 138 valence electrons. The molecule has 0 aliphatic heterocycles. The van der Waals surface area contributed by atoms with E-state index in [1.807, 2.05) is 6.92 Å². The van der Waals surface area contributed by atoms with Crippen molar-refractivity contribution in [2.24, 2.45) is 11.1 Å². The van der Waals surface area contributed by atoms with Gasteiger partial charge in [0.25, 0.3) is 0 Å². The molecular weight excluding hydrogens is 350 g/mol. The molecule has 0 N–H and O–H groups in total. The second-order valence-corrected chi connectivity index (χ2v) is 7.04. The minimum absolute atomic E-state index is 0.0258. The normalized spacial score (nSPS) is 11.4. The Hall–Kier alpha value is -2.51. The topological polar surface area (TPSA) is 116 Å². The smallest absolute Gasteiger partial charge is 0.373 e. The summed E-state index contributed by atoms with van der Waals surface area (Å²) in [6.45, 7) is 8.62. The van der Waals surface area contributed by atoms with E-state index in [2.05, 4.69) is 9.44 Å². The first-order valence-corrected chi connectivity index (χ1v) is 8.74. The summed E-state index contributed by atoms with van der Waals surface area (Å²) < 4.78 is 33.7. The van der Waals surface area contributed by atoms with Crippen molar-refractivity contribution >= 4 is 28.0 Å². The quantitative estimate of drug-likeness (QED) is 0.427. The van der Waals surface area contributed by atoms with E-state index < -0.39 is 16.1 Å². The van der Waals surface area contributed by atoms with E-state index in [1.54, 1.807) is 39.8 Å². The number of oxime groups is 1. The van der Waals surface area contributed by atoms with Gasteiger partial charge in [-0.05, 0) is 32.9 Å². The Labute approximate surface area is 146 Å². The second kappa shape index (κ2) is 10.4. The van der Waals surface area contributed by atoms with E-state index in [1.165, 1.54) is 12.1 Å². The molecule has 0 aliphatic rings. The average molecular weight is 371 g/mol. The van der Waals surface area contributed by atoms with Gasteiger partial charge in [-0.1, -0.05) is 36.7 Å². The minimum atomic E-state index is -4.06. The van der Waals surface area contributed by atoms with Crippen molar-refractivity contribution in [1.82, 2.24) is 0 Å². The van der Waals surface area contributed by atoms with E-state index in [4.69, 9.17) is 14.3 Å². The number of carbonyl (C=O) groups is 1. The van der Waals surface area contributed by atoms with Gasteiger partial charge in [0.15, 0.2) is 5.71 Å². The fraction of sp³-hybridized carbons (Fsp3) is 0.438. The van der Waals surface area contributed by atoms with Crippen LogP contribution in [0.25, 0.3) is 0 Å². The Bertz CT molecular complexity index is 728. The summed E-state index contributed by atoms with van der Waals surface area (Å²) in [7, 11) is -4.06. The molecular formula is C16H21NO7S. The molecule has 0 radical (unpaired) electrons. The molecule has 0 amide bonds. The predicted octanol–water partition coefficient (Wildman–Crippen LogP) is 2.08. The van der Waals surface area contributed by atoms with E-state index in [0.29, 0.717) is 0 Å². The number of esters is 1. The lowest BCUT2D eigenvalue weighted by Crippen LogP contribution is -2.26. The highest BCUT2D eigenvalue weighted by molar-refractivity contribution is 7.86. The first-order chi connectivity index (χ1) is 11.5. The average Bonchev–Trinajstić information content (AvgIpc) is 2.47. The van der Waals surface area contributed by atoms with E-state index in [9.17, 15) is 13.2 Å². The largest absolute Gasteiger partial charge is 0.458 e. The molecule has 0 unspecified atom stereocenters. The van der Waals surface area contributed by atoms with E-state index >= 15 is 0 Å². The maximum atomic E-state index is 12.0. The van der Waals surface area contributed by atoms with Crippen molar-refractivity contribution in [3.8, 4) is 0 Å². The molecule has 0 aliphatic carbocycles. The molecule has 0 fully saturated rings. The van der Waals surface area contributed by atoms with Gasteiger partial charge in [-0.25, -0.2) is 4.79 Å². The van der Waals surface area contributed by atoms with Crippen LogP contribution in [0.5, 0.6) is 0 Å². The summed E-state index contributed by atoms with van der Waals surface area (Å²) in [5, 5.41) is 3.50. The third kappa shape index (κ3) is 8.23. The van der Waals surface area contributed by atoms with Gasteiger partial charge in [-0.3, -0.25) is 4.28 Å². The number of benzene rings is 1. The third-order valence-corrected chi connectivity index (χ3v) is 3.76. The number of rotatable bonds is 6. The number of ether oxygens (including phenoxy) is 1. The highest BCUT2D eigenvalue weighted by Gasteiger charge is 2.22. The van der Waals surface area contributed by atoms with Crippen LogP contribution in [0.4, 0.5) is 0 Å². The molecule has 1 aromatic rings. The Balaban J connectivity index is 0.00000178. The van der Waals surface area contributed by atoms with Crippen LogP contribution in [0.3, 0.4) is 0 Å². The highest BCUT2D eigenvalue weighted by atomic mass is 32.2. The van der Waals surface area contributed by atoms with Crippen molar-refractivity contribution in [1.29, 1.82) is 0 Å². The number of carbonyl (C=O) groups excluding carboxylic acids is 3. The fourth-order valence-electron chi connectivity index (χ4n) is 1.49. The Morgan fingerprint density at radius 1 is 1.08 bits per heavy atom. The summed E-state index contributed by atoms with van der Waals surface area (Å²) >= 11 is 0. The summed E-state index contributed by atoms with van der Waals surface area (Å²) in [5.74, 6) is -1.02.